The van der Waals surface area contributed by atoms with E-state index in [4.69, 9.17) is 0 Å². The highest BCUT2D eigenvalue weighted by Crippen LogP contribution is 2.31. The molecule has 6 heteroatoms. The van der Waals surface area contributed by atoms with Crippen LogP contribution in [-0.2, 0) is 10.0 Å². The number of nitrogens with one attached hydrogen (secondary N) is 2. The van der Waals surface area contributed by atoms with Gasteiger partial charge in [-0.3, -0.25) is 4.72 Å². The molecule has 5 nitrogen and oxygen atoms in total. The first-order valence-corrected chi connectivity index (χ1v) is 9.05. The Balaban J connectivity index is 1.91. The summed E-state index contributed by atoms with van der Waals surface area (Å²) in [4.78, 5) is 0. The number of aliphatic hydroxyl groups is 1. The van der Waals surface area contributed by atoms with E-state index >= 15 is 0 Å². The van der Waals surface area contributed by atoms with Gasteiger partial charge in [0.25, 0.3) is 0 Å². The first kappa shape index (κ1) is 16.3. The van der Waals surface area contributed by atoms with Gasteiger partial charge in [-0.2, -0.15) is 0 Å². The van der Waals surface area contributed by atoms with Crippen LogP contribution in [0.3, 0.4) is 0 Å². The SMILES string of the molecule is CCS(=O)(=O)Nc1ccc(C(C)NCC2(O)CCC2)cc1. The summed E-state index contributed by atoms with van der Waals surface area (Å²) in [6.07, 6.45) is 2.83. The molecule has 0 heterocycles. The van der Waals surface area contributed by atoms with Gasteiger partial charge in [0.15, 0.2) is 0 Å². The lowest BCUT2D eigenvalue weighted by atomic mass is 9.80. The van der Waals surface area contributed by atoms with E-state index in [0.717, 1.165) is 24.8 Å². The van der Waals surface area contributed by atoms with Crippen LogP contribution in [0.15, 0.2) is 24.3 Å². The molecule has 0 bridgehead atoms. The lowest BCUT2D eigenvalue weighted by Crippen LogP contribution is -2.46. The highest BCUT2D eigenvalue weighted by molar-refractivity contribution is 7.92. The van der Waals surface area contributed by atoms with E-state index in [2.05, 4.69) is 10.0 Å². The molecule has 0 spiro atoms. The minimum absolute atomic E-state index is 0.0608. The van der Waals surface area contributed by atoms with E-state index in [1.54, 1.807) is 19.1 Å². The van der Waals surface area contributed by atoms with Gasteiger partial charge in [0.05, 0.1) is 11.4 Å². The lowest BCUT2D eigenvalue weighted by Gasteiger charge is -2.37. The number of benzene rings is 1. The molecule has 1 aliphatic carbocycles. The van der Waals surface area contributed by atoms with Crippen molar-refractivity contribution in [2.24, 2.45) is 0 Å². The van der Waals surface area contributed by atoms with Crippen LogP contribution in [0.5, 0.6) is 0 Å². The molecule has 1 aromatic carbocycles. The molecule has 0 aromatic heterocycles. The maximum atomic E-state index is 11.5. The van der Waals surface area contributed by atoms with Crippen molar-refractivity contribution in [3.63, 3.8) is 0 Å². The Labute approximate surface area is 126 Å². The van der Waals surface area contributed by atoms with Crippen LogP contribution in [0.1, 0.15) is 44.7 Å². The molecule has 2 rings (SSSR count). The molecule has 1 unspecified atom stereocenters. The van der Waals surface area contributed by atoms with Gasteiger partial charge in [-0.15, -0.1) is 0 Å². The Kier molecular flexibility index (Phi) is 4.91. The van der Waals surface area contributed by atoms with Gasteiger partial charge in [-0.05, 0) is 50.8 Å². The van der Waals surface area contributed by atoms with Gasteiger partial charge in [0.2, 0.25) is 10.0 Å². The normalized spacial score (nSPS) is 18.8. The van der Waals surface area contributed by atoms with Crippen LogP contribution < -0.4 is 10.0 Å². The second kappa shape index (κ2) is 6.34. The monoisotopic (exact) mass is 312 g/mol. The Bertz CT molecular complexity index is 565. The number of rotatable bonds is 7. The molecule has 1 fully saturated rings. The van der Waals surface area contributed by atoms with Gasteiger partial charge in [0, 0.05) is 18.3 Å². The molecule has 0 saturated heterocycles. The molecular weight excluding hydrogens is 288 g/mol. The maximum Gasteiger partial charge on any atom is 0.232 e. The third kappa shape index (κ3) is 4.43. The molecule has 21 heavy (non-hydrogen) atoms. The largest absolute Gasteiger partial charge is 0.389 e. The predicted molar refractivity (Wildman–Crippen MR) is 84.7 cm³/mol. The summed E-state index contributed by atoms with van der Waals surface area (Å²) in [5.41, 5.74) is 1.10. The summed E-state index contributed by atoms with van der Waals surface area (Å²) in [5, 5.41) is 13.4. The zero-order valence-electron chi connectivity index (χ0n) is 12.6. The number of hydrogen-bond acceptors (Lipinski definition) is 4. The fourth-order valence-electron chi connectivity index (χ4n) is 2.31. The number of hydrogen-bond donors (Lipinski definition) is 3. The number of anilines is 1. The summed E-state index contributed by atoms with van der Waals surface area (Å²) in [5.74, 6) is 0.0608. The van der Waals surface area contributed by atoms with Crippen LogP contribution in [0, 0.1) is 0 Å². The van der Waals surface area contributed by atoms with Gasteiger partial charge >= 0.3 is 0 Å². The molecule has 1 saturated carbocycles. The van der Waals surface area contributed by atoms with E-state index in [9.17, 15) is 13.5 Å². The molecule has 3 N–H and O–H groups in total. The summed E-state index contributed by atoms with van der Waals surface area (Å²) in [6, 6.07) is 7.44. The van der Waals surface area contributed by atoms with Crippen molar-refractivity contribution < 1.29 is 13.5 Å². The molecule has 1 aromatic rings. The van der Waals surface area contributed by atoms with Crippen molar-refractivity contribution in [3.8, 4) is 0 Å². The molecule has 1 atom stereocenters. The Morgan fingerprint density at radius 3 is 2.38 bits per heavy atom. The van der Waals surface area contributed by atoms with E-state index in [0.29, 0.717) is 12.2 Å². The molecule has 1 aliphatic rings. The summed E-state index contributed by atoms with van der Waals surface area (Å²) in [6.45, 7) is 4.24. The quantitative estimate of drug-likeness (QED) is 0.720. The highest BCUT2D eigenvalue weighted by Gasteiger charge is 2.34. The number of sulfonamides is 1. The highest BCUT2D eigenvalue weighted by atomic mass is 32.2. The van der Waals surface area contributed by atoms with Crippen LogP contribution in [0.2, 0.25) is 0 Å². The van der Waals surface area contributed by atoms with Crippen molar-refractivity contribution in [2.45, 2.75) is 44.8 Å². The molecule has 0 amide bonds. The van der Waals surface area contributed by atoms with Crippen molar-refractivity contribution in [1.82, 2.24) is 5.32 Å². The fraction of sp³-hybridized carbons (Fsp3) is 0.600. The fourth-order valence-corrected chi connectivity index (χ4v) is 2.95. The standard InChI is InChI=1S/C15H24N2O3S/c1-3-21(19,20)17-14-7-5-13(6-8-14)12(2)16-11-15(18)9-4-10-15/h5-8,12,16-18H,3-4,9-11H2,1-2H3. The van der Waals surface area contributed by atoms with Crippen molar-refractivity contribution in [2.75, 3.05) is 17.0 Å². The molecule has 0 aliphatic heterocycles. The zero-order valence-corrected chi connectivity index (χ0v) is 13.4. The van der Waals surface area contributed by atoms with Gasteiger partial charge < -0.3 is 10.4 Å². The maximum absolute atomic E-state index is 11.5. The summed E-state index contributed by atoms with van der Waals surface area (Å²) in [7, 11) is -3.23. The summed E-state index contributed by atoms with van der Waals surface area (Å²) < 4.78 is 25.5. The lowest BCUT2D eigenvalue weighted by molar-refractivity contribution is -0.0329. The van der Waals surface area contributed by atoms with Crippen LogP contribution in [-0.4, -0.2) is 31.4 Å². The average Bonchev–Trinajstić information content (AvgIpc) is 2.43. The molecule has 0 radical (unpaired) electrons. The third-order valence-electron chi connectivity index (χ3n) is 4.09. The minimum Gasteiger partial charge on any atom is -0.389 e. The van der Waals surface area contributed by atoms with Crippen LogP contribution in [0.4, 0.5) is 5.69 Å². The van der Waals surface area contributed by atoms with Crippen molar-refractivity contribution in [1.29, 1.82) is 0 Å². The first-order valence-electron chi connectivity index (χ1n) is 7.40. The minimum atomic E-state index is -3.23. The average molecular weight is 312 g/mol. The zero-order chi connectivity index (χ0) is 15.5. The molecule has 118 valence electrons. The van der Waals surface area contributed by atoms with E-state index in [1.165, 1.54) is 0 Å². The van der Waals surface area contributed by atoms with Crippen LogP contribution >= 0.6 is 0 Å². The van der Waals surface area contributed by atoms with E-state index in [1.807, 2.05) is 19.1 Å². The van der Waals surface area contributed by atoms with E-state index < -0.39 is 15.6 Å². The smallest absolute Gasteiger partial charge is 0.232 e. The Morgan fingerprint density at radius 1 is 1.29 bits per heavy atom. The van der Waals surface area contributed by atoms with E-state index in [-0.39, 0.29) is 11.8 Å². The third-order valence-corrected chi connectivity index (χ3v) is 5.39. The van der Waals surface area contributed by atoms with Crippen LogP contribution in [0.25, 0.3) is 0 Å². The van der Waals surface area contributed by atoms with Gasteiger partial charge in [-0.1, -0.05) is 12.1 Å². The summed E-state index contributed by atoms with van der Waals surface area (Å²) >= 11 is 0. The Hall–Kier alpha value is -1.11. The Morgan fingerprint density at radius 2 is 1.90 bits per heavy atom. The predicted octanol–water partition coefficient (Wildman–Crippen LogP) is 2.01. The second-order valence-electron chi connectivity index (χ2n) is 5.81. The van der Waals surface area contributed by atoms with Gasteiger partial charge in [-0.25, -0.2) is 8.42 Å². The topological polar surface area (TPSA) is 78.4 Å². The first-order chi connectivity index (χ1) is 9.84. The second-order valence-corrected chi connectivity index (χ2v) is 7.82. The van der Waals surface area contributed by atoms with Crippen molar-refractivity contribution >= 4 is 15.7 Å². The van der Waals surface area contributed by atoms with Crippen molar-refractivity contribution in [3.05, 3.63) is 29.8 Å². The molecular formula is C15H24N2O3S. The van der Waals surface area contributed by atoms with Gasteiger partial charge in [0.1, 0.15) is 0 Å².